The Morgan fingerprint density at radius 1 is 0.750 bits per heavy atom. The number of aryl methyl sites for hydroxylation is 4. The maximum absolute atomic E-state index is 4.18. The molecule has 2 heterocycles. The summed E-state index contributed by atoms with van der Waals surface area (Å²) in [6, 6.07) is 6.47. The van der Waals surface area contributed by atoms with E-state index < -0.39 is 0 Å². The van der Waals surface area contributed by atoms with Crippen molar-refractivity contribution in [3.63, 3.8) is 0 Å². The van der Waals surface area contributed by atoms with Crippen molar-refractivity contribution in [3.8, 4) is 0 Å². The van der Waals surface area contributed by atoms with Gasteiger partial charge in [0.25, 0.3) is 0 Å². The molecule has 0 aliphatic heterocycles. The van der Waals surface area contributed by atoms with Crippen LogP contribution in [0, 0.1) is 13.8 Å². The number of unbranched alkanes of at least 4 members (excludes halogenated alkanes) is 10. The molecule has 0 radical (unpaired) electrons. The van der Waals surface area contributed by atoms with E-state index in [9.17, 15) is 0 Å². The van der Waals surface area contributed by atoms with E-state index in [0.29, 0.717) is 0 Å². The summed E-state index contributed by atoms with van der Waals surface area (Å²) < 4.78 is 2.36. The normalized spacial score (nSPS) is 10.6. The molecule has 0 fully saturated rings. The van der Waals surface area contributed by atoms with Gasteiger partial charge in [-0.3, -0.25) is 4.98 Å². The Morgan fingerprint density at radius 2 is 1.29 bits per heavy atom. The first-order valence-corrected chi connectivity index (χ1v) is 11.1. The van der Waals surface area contributed by atoms with Gasteiger partial charge in [0.15, 0.2) is 12.4 Å². The van der Waals surface area contributed by atoms with Crippen LogP contribution in [0.2, 0.25) is 0 Å². The fraction of sp³-hybridized carbons (Fsp3) is 0.600. The van der Waals surface area contributed by atoms with Crippen molar-refractivity contribution in [3.05, 3.63) is 59.7 Å². The molecule has 0 aliphatic carbocycles. The highest BCUT2D eigenvalue weighted by molar-refractivity contribution is 5.11. The van der Waals surface area contributed by atoms with Gasteiger partial charge in [-0.2, -0.15) is 0 Å². The molecule has 0 aliphatic rings. The van der Waals surface area contributed by atoms with Gasteiger partial charge < -0.3 is 17.0 Å². The Kier molecular flexibility index (Phi) is 13.9. The molecule has 2 rings (SSSR count). The smallest absolute Gasteiger partial charge is 0.171 e. The summed E-state index contributed by atoms with van der Waals surface area (Å²) in [7, 11) is 0. The second-order valence-corrected chi connectivity index (χ2v) is 8.13. The highest BCUT2D eigenvalue weighted by atomic mass is 79.9. The van der Waals surface area contributed by atoms with Gasteiger partial charge in [0.2, 0.25) is 0 Å². The Morgan fingerprint density at radius 3 is 1.82 bits per heavy atom. The maximum Gasteiger partial charge on any atom is 0.171 e. The van der Waals surface area contributed by atoms with Crippen LogP contribution >= 0.6 is 0 Å². The molecule has 0 saturated heterocycles. The minimum absolute atomic E-state index is 0. The van der Waals surface area contributed by atoms with Crippen molar-refractivity contribution >= 4 is 0 Å². The number of nitrogens with zero attached hydrogens (tertiary/aromatic N) is 2. The van der Waals surface area contributed by atoms with Crippen LogP contribution in [0.25, 0.3) is 0 Å². The summed E-state index contributed by atoms with van der Waals surface area (Å²) in [5.41, 5.74) is 4.12. The molecule has 0 N–H and O–H groups in total. The molecule has 0 amide bonds. The number of pyridine rings is 2. The van der Waals surface area contributed by atoms with Gasteiger partial charge >= 0.3 is 0 Å². The molecule has 3 heteroatoms. The van der Waals surface area contributed by atoms with Gasteiger partial charge in [0, 0.05) is 29.9 Å². The minimum atomic E-state index is 0. The van der Waals surface area contributed by atoms with E-state index >= 15 is 0 Å². The van der Waals surface area contributed by atoms with Crippen LogP contribution < -0.4 is 21.5 Å². The zero-order chi connectivity index (χ0) is 19.2. The summed E-state index contributed by atoms with van der Waals surface area (Å²) in [4.78, 5) is 4.18. The second kappa shape index (κ2) is 15.7. The summed E-state index contributed by atoms with van der Waals surface area (Å²) >= 11 is 0. The van der Waals surface area contributed by atoms with E-state index in [4.69, 9.17) is 0 Å². The second-order valence-electron chi connectivity index (χ2n) is 8.13. The standard InChI is InChI=1S/C25H39N2.BrH/c1-23-19-24(2)22-27(21-23)18-13-11-9-7-5-3-4-6-8-10-12-15-25-16-14-17-26-20-25;/h14,16-17,19-22H,3-13,15,18H2,1-2H3;1H/q+1;/p-1. The van der Waals surface area contributed by atoms with E-state index in [1.54, 1.807) is 0 Å². The lowest BCUT2D eigenvalue weighted by Crippen LogP contribution is -3.00. The SMILES string of the molecule is Cc1cc(C)c[n+](CCCCCCCCCCCCCc2cccnc2)c1.[Br-]. The molecule has 0 aromatic carbocycles. The van der Waals surface area contributed by atoms with Crippen LogP contribution in [-0.2, 0) is 13.0 Å². The van der Waals surface area contributed by atoms with Gasteiger partial charge in [0.1, 0.15) is 6.54 Å². The van der Waals surface area contributed by atoms with Crippen molar-refractivity contribution in [1.82, 2.24) is 4.98 Å². The van der Waals surface area contributed by atoms with Crippen LogP contribution in [0.4, 0.5) is 0 Å². The third-order valence-electron chi connectivity index (χ3n) is 5.30. The molecule has 156 valence electrons. The third-order valence-corrected chi connectivity index (χ3v) is 5.30. The Labute approximate surface area is 183 Å². The van der Waals surface area contributed by atoms with Crippen LogP contribution in [0.15, 0.2) is 43.0 Å². The Hall–Kier alpha value is -1.22. The number of hydrogen-bond donors (Lipinski definition) is 0. The highest BCUT2D eigenvalue weighted by Gasteiger charge is 2.02. The fourth-order valence-electron chi connectivity index (χ4n) is 3.88. The molecule has 0 spiro atoms. The van der Waals surface area contributed by atoms with E-state index in [1.807, 2.05) is 18.5 Å². The molecular weight excluding hydrogens is 408 g/mol. The van der Waals surface area contributed by atoms with E-state index in [-0.39, 0.29) is 17.0 Å². The first-order chi connectivity index (χ1) is 13.2. The van der Waals surface area contributed by atoms with Crippen molar-refractivity contribution in [2.45, 2.75) is 97.4 Å². The monoisotopic (exact) mass is 446 g/mol. The fourth-order valence-corrected chi connectivity index (χ4v) is 3.88. The molecule has 0 unspecified atom stereocenters. The molecule has 0 bridgehead atoms. The summed E-state index contributed by atoms with van der Waals surface area (Å²) in [6.07, 6.45) is 24.8. The van der Waals surface area contributed by atoms with E-state index in [0.717, 1.165) is 0 Å². The molecular formula is C25H39BrN2. The average Bonchev–Trinajstić information content (AvgIpc) is 2.65. The van der Waals surface area contributed by atoms with Crippen LogP contribution in [0.3, 0.4) is 0 Å². The molecule has 28 heavy (non-hydrogen) atoms. The molecule has 2 aromatic rings. The zero-order valence-electron chi connectivity index (χ0n) is 18.0. The van der Waals surface area contributed by atoms with Gasteiger partial charge in [-0.1, -0.05) is 57.4 Å². The van der Waals surface area contributed by atoms with Gasteiger partial charge in [0.05, 0.1) is 0 Å². The molecule has 2 aromatic heterocycles. The molecule has 2 nitrogen and oxygen atoms in total. The molecule has 0 saturated carbocycles. The van der Waals surface area contributed by atoms with Crippen molar-refractivity contribution in [1.29, 1.82) is 0 Å². The minimum Gasteiger partial charge on any atom is -1.00 e. The van der Waals surface area contributed by atoms with E-state index in [2.05, 4.69) is 47.9 Å². The van der Waals surface area contributed by atoms with Gasteiger partial charge in [-0.15, -0.1) is 0 Å². The lowest BCUT2D eigenvalue weighted by atomic mass is 10.0. The zero-order valence-corrected chi connectivity index (χ0v) is 19.6. The van der Waals surface area contributed by atoms with Gasteiger partial charge in [-0.05, 0) is 50.8 Å². The Bertz CT molecular complexity index is 607. The third kappa shape index (κ3) is 11.6. The first-order valence-electron chi connectivity index (χ1n) is 11.1. The van der Waals surface area contributed by atoms with Crippen molar-refractivity contribution < 1.29 is 21.5 Å². The highest BCUT2D eigenvalue weighted by Crippen LogP contribution is 2.12. The van der Waals surface area contributed by atoms with Crippen LogP contribution in [0.1, 0.15) is 87.3 Å². The van der Waals surface area contributed by atoms with Crippen molar-refractivity contribution in [2.75, 3.05) is 0 Å². The van der Waals surface area contributed by atoms with Crippen LogP contribution in [0.5, 0.6) is 0 Å². The average molecular weight is 448 g/mol. The number of rotatable bonds is 14. The first kappa shape index (κ1) is 24.8. The lowest BCUT2D eigenvalue weighted by Gasteiger charge is -2.03. The topological polar surface area (TPSA) is 16.8 Å². The summed E-state index contributed by atoms with van der Waals surface area (Å²) in [6.45, 7) is 5.54. The number of hydrogen-bond acceptors (Lipinski definition) is 1. The Balaban J connectivity index is 0.00000392. The lowest BCUT2D eigenvalue weighted by molar-refractivity contribution is -0.698. The predicted octanol–water partition coefficient (Wildman–Crippen LogP) is 3.52. The maximum atomic E-state index is 4.18. The van der Waals surface area contributed by atoms with Crippen LogP contribution in [-0.4, -0.2) is 4.98 Å². The molecule has 0 atom stereocenters. The van der Waals surface area contributed by atoms with Crippen molar-refractivity contribution in [2.24, 2.45) is 0 Å². The van der Waals surface area contributed by atoms with Gasteiger partial charge in [-0.25, -0.2) is 4.57 Å². The largest absolute Gasteiger partial charge is 1.00 e. The summed E-state index contributed by atoms with van der Waals surface area (Å²) in [5, 5.41) is 0. The number of aromatic nitrogens is 2. The quantitative estimate of drug-likeness (QED) is 0.320. The summed E-state index contributed by atoms with van der Waals surface area (Å²) in [5.74, 6) is 0. The predicted molar refractivity (Wildman–Crippen MR) is 115 cm³/mol. The number of halogens is 1. The van der Waals surface area contributed by atoms with E-state index in [1.165, 1.54) is 100 Å².